The Balaban J connectivity index is 1.60. The Bertz CT molecular complexity index is 991. The Hall–Kier alpha value is -3.61. The molecule has 0 aliphatic rings. The molecule has 7 heteroatoms. The van der Waals surface area contributed by atoms with Gasteiger partial charge in [-0.3, -0.25) is 14.6 Å². The van der Waals surface area contributed by atoms with Crippen molar-refractivity contribution in [2.75, 3.05) is 0 Å². The molecule has 0 unspecified atom stereocenters. The second-order valence-corrected chi connectivity index (χ2v) is 6.01. The molecule has 3 rings (SSSR count). The predicted octanol–water partition coefficient (Wildman–Crippen LogP) is 3.22. The van der Waals surface area contributed by atoms with Crippen LogP contribution in [-0.4, -0.2) is 16.8 Å². The Morgan fingerprint density at radius 3 is 2.32 bits per heavy atom. The molecule has 1 aromatic heterocycles. The maximum absolute atomic E-state index is 13.6. The largest absolute Gasteiger partial charge is 0.348 e. The molecule has 2 amide bonds. The number of rotatable bonds is 6. The lowest BCUT2D eigenvalue weighted by Gasteiger charge is -2.08. The lowest BCUT2D eigenvalue weighted by molar-refractivity contribution is 0.0946. The van der Waals surface area contributed by atoms with Gasteiger partial charge in [0, 0.05) is 30.4 Å². The van der Waals surface area contributed by atoms with Gasteiger partial charge in [0.25, 0.3) is 11.8 Å². The highest BCUT2D eigenvalue weighted by Gasteiger charge is 2.12. The van der Waals surface area contributed by atoms with Crippen molar-refractivity contribution >= 4 is 11.8 Å². The van der Waals surface area contributed by atoms with E-state index in [1.165, 1.54) is 36.5 Å². The summed E-state index contributed by atoms with van der Waals surface area (Å²) in [5, 5.41) is 5.27. The van der Waals surface area contributed by atoms with E-state index in [1.54, 1.807) is 30.3 Å². The average molecular weight is 381 g/mol. The SMILES string of the molecule is O=C(NCc1ccccc1F)c1ccnc(C(=O)NCc2ccc(F)cc2)c1. The molecule has 0 saturated heterocycles. The van der Waals surface area contributed by atoms with E-state index in [1.807, 2.05) is 0 Å². The number of pyridine rings is 1. The Labute approximate surface area is 160 Å². The number of halogens is 2. The van der Waals surface area contributed by atoms with Crippen LogP contribution in [0.5, 0.6) is 0 Å². The van der Waals surface area contributed by atoms with Crippen LogP contribution >= 0.6 is 0 Å². The lowest BCUT2D eigenvalue weighted by atomic mass is 10.1. The first-order chi connectivity index (χ1) is 13.5. The number of hydrogen-bond acceptors (Lipinski definition) is 3. The summed E-state index contributed by atoms with van der Waals surface area (Å²) in [7, 11) is 0. The summed E-state index contributed by atoms with van der Waals surface area (Å²) < 4.78 is 26.5. The van der Waals surface area contributed by atoms with Crippen LogP contribution < -0.4 is 10.6 Å². The summed E-state index contributed by atoms with van der Waals surface area (Å²) in [6.45, 7) is 0.227. The standard InChI is InChI=1S/C21H17F2N3O2/c22-17-7-5-14(6-8-17)12-25-21(28)19-11-15(9-10-24-19)20(27)26-13-16-3-1-2-4-18(16)23/h1-11H,12-13H2,(H,25,28)(H,26,27). The van der Waals surface area contributed by atoms with E-state index in [2.05, 4.69) is 15.6 Å². The van der Waals surface area contributed by atoms with Crippen molar-refractivity contribution in [1.29, 1.82) is 0 Å². The molecule has 0 saturated carbocycles. The van der Waals surface area contributed by atoms with Crippen LogP contribution in [0.25, 0.3) is 0 Å². The van der Waals surface area contributed by atoms with Crippen molar-refractivity contribution in [3.05, 3.63) is 101 Å². The van der Waals surface area contributed by atoms with Crippen LogP contribution in [0.4, 0.5) is 8.78 Å². The van der Waals surface area contributed by atoms with Crippen molar-refractivity contribution in [1.82, 2.24) is 15.6 Å². The molecule has 142 valence electrons. The maximum Gasteiger partial charge on any atom is 0.270 e. The second-order valence-electron chi connectivity index (χ2n) is 6.01. The zero-order valence-electron chi connectivity index (χ0n) is 14.8. The number of aromatic nitrogens is 1. The van der Waals surface area contributed by atoms with E-state index >= 15 is 0 Å². The van der Waals surface area contributed by atoms with E-state index < -0.39 is 17.6 Å². The topological polar surface area (TPSA) is 71.1 Å². The molecule has 0 atom stereocenters. The maximum atomic E-state index is 13.6. The minimum Gasteiger partial charge on any atom is -0.348 e. The van der Waals surface area contributed by atoms with Crippen LogP contribution in [0, 0.1) is 11.6 Å². The van der Waals surface area contributed by atoms with Gasteiger partial charge in [-0.1, -0.05) is 30.3 Å². The van der Waals surface area contributed by atoms with E-state index in [0.29, 0.717) is 5.56 Å². The van der Waals surface area contributed by atoms with Gasteiger partial charge in [-0.25, -0.2) is 8.78 Å². The van der Waals surface area contributed by atoms with Gasteiger partial charge >= 0.3 is 0 Å². The lowest BCUT2D eigenvalue weighted by Crippen LogP contribution is -2.26. The molecule has 0 aliphatic carbocycles. The van der Waals surface area contributed by atoms with Gasteiger partial charge < -0.3 is 10.6 Å². The van der Waals surface area contributed by atoms with Crippen molar-refractivity contribution in [2.24, 2.45) is 0 Å². The minimum absolute atomic E-state index is 0.0277. The molecule has 0 bridgehead atoms. The first kappa shape index (κ1) is 19.2. The van der Waals surface area contributed by atoms with E-state index in [0.717, 1.165) is 5.56 Å². The van der Waals surface area contributed by atoms with Gasteiger partial charge in [0.1, 0.15) is 17.3 Å². The molecule has 0 fully saturated rings. The summed E-state index contributed by atoms with van der Waals surface area (Å²) in [5.74, 6) is -1.67. The summed E-state index contributed by atoms with van der Waals surface area (Å²) in [4.78, 5) is 28.5. The van der Waals surface area contributed by atoms with Gasteiger partial charge in [-0.15, -0.1) is 0 Å². The first-order valence-corrected chi connectivity index (χ1v) is 8.53. The normalized spacial score (nSPS) is 10.4. The Morgan fingerprint density at radius 1 is 0.857 bits per heavy atom. The van der Waals surface area contributed by atoms with Gasteiger partial charge in [-0.2, -0.15) is 0 Å². The Kier molecular flexibility index (Phi) is 6.06. The second kappa shape index (κ2) is 8.85. The van der Waals surface area contributed by atoms with Gasteiger partial charge in [0.05, 0.1) is 0 Å². The quantitative estimate of drug-likeness (QED) is 0.689. The number of nitrogens with one attached hydrogen (secondary N) is 2. The predicted molar refractivity (Wildman–Crippen MR) is 99.4 cm³/mol. The molecule has 0 spiro atoms. The molecule has 0 aliphatic heterocycles. The number of carbonyl (C=O) groups excluding carboxylic acids is 2. The Morgan fingerprint density at radius 2 is 1.57 bits per heavy atom. The fraction of sp³-hybridized carbons (Fsp3) is 0.0952. The molecule has 1 heterocycles. The molecule has 5 nitrogen and oxygen atoms in total. The third-order valence-corrected chi connectivity index (χ3v) is 4.02. The third kappa shape index (κ3) is 4.97. The average Bonchev–Trinajstić information content (AvgIpc) is 2.72. The molecule has 0 radical (unpaired) electrons. The third-order valence-electron chi connectivity index (χ3n) is 4.02. The molecule has 2 aromatic carbocycles. The molecule has 2 N–H and O–H groups in total. The molecular weight excluding hydrogens is 364 g/mol. The highest BCUT2D eigenvalue weighted by molar-refractivity contribution is 5.98. The van der Waals surface area contributed by atoms with Crippen molar-refractivity contribution < 1.29 is 18.4 Å². The molecule has 28 heavy (non-hydrogen) atoms. The zero-order chi connectivity index (χ0) is 19.9. The summed E-state index contributed by atoms with van der Waals surface area (Å²) in [5.41, 5.74) is 1.40. The summed E-state index contributed by atoms with van der Waals surface area (Å²) in [6, 6.07) is 14.7. The fourth-order valence-electron chi connectivity index (χ4n) is 2.49. The van der Waals surface area contributed by atoms with Crippen LogP contribution in [0.3, 0.4) is 0 Å². The van der Waals surface area contributed by atoms with Gasteiger partial charge in [-0.05, 0) is 35.9 Å². The van der Waals surface area contributed by atoms with Crippen LogP contribution in [0.15, 0.2) is 66.9 Å². The summed E-state index contributed by atoms with van der Waals surface area (Å²) in [6.07, 6.45) is 1.35. The number of benzene rings is 2. The van der Waals surface area contributed by atoms with Crippen molar-refractivity contribution in [3.63, 3.8) is 0 Å². The molecular formula is C21H17F2N3O2. The fourth-order valence-corrected chi connectivity index (χ4v) is 2.49. The van der Waals surface area contributed by atoms with Gasteiger partial charge in [0.15, 0.2) is 0 Å². The van der Waals surface area contributed by atoms with Crippen LogP contribution in [0.1, 0.15) is 32.0 Å². The number of nitrogens with zero attached hydrogens (tertiary/aromatic N) is 1. The minimum atomic E-state index is -0.465. The van der Waals surface area contributed by atoms with Crippen LogP contribution in [-0.2, 0) is 13.1 Å². The van der Waals surface area contributed by atoms with E-state index in [4.69, 9.17) is 0 Å². The monoisotopic (exact) mass is 381 g/mol. The van der Waals surface area contributed by atoms with Crippen molar-refractivity contribution in [2.45, 2.75) is 13.1 Å². The number of carbonyl (C=O) groups is 2. The number of amides is 2. The van der Waals surface area contributed by atoms with Crippen LogP contribution in [0.2, 0.25) is 0 Å². The van der Waals surface area contributed by atoms with Crippen molar-refractivity contribution in [3.8, 4) is 0 Å². The first-order valence-electron chi connectivity index (χ1n) is 8.53. The highest BCUT2D eigenvalue weighted by atomic mass is 19.1. The summed E-state index contributed by atoms with van der Waals surface area (Å²) >= 11 is 0. The highest BCUT2D eigenvalue weighted by Crippen LogP contribution is 2.08. The van der Waals surface area contributed by atoms with E-state index in [9.17, 15) is 18.4 Å². The van der Waals surface area contributed by atoms with Gasteiger partial charge in [0.2, 0.25) is 0 Å². The smallest absolute Gasteiger partial charge is 0.270 e. The zero-order valence-corrected chi connectivity index (χ0v) is 14.8. The number of hydrogen-bond donors (Lipinski definition) is 2. The van der Waals surface area contributed by atoms with E-state index in [-0.39, 0.29) is 30.2 Å². The molecule has 3 aromatic rings.